The number of rotatable bonds is 22. The molecule has 14 heteroatoms. The zero-order chi connectivity index (χ0) is 27.4. The number of benzene rings is 1. The molecule has 0 saturated heterocycles. The molecular formula is C24H34F3N3O8. The maximum atomic E-state index is 13.5. The lowest BCUT2D eigenvalue weighted by molar-refractivity contribution is -0.136. The minimum Gasteiger partial charge on any atom is -0.420 e. The summed E-state index contributed by atoms with van der Waals surface area (Å²) in [6.45, 7) is 7.08. The van der Waals surface area contributed by atoms with Gasteiger partial charge in [-0.25, -0.2) is 17.9 Å². The third-order valence-corrected chi connectivity index (χ3v) is 4.62. The summed E-state index contributed by atoms with van der Waals surface area (Å²) in [7, 11) is 0. The highest BCUT2D eigenvalue weighted by atomic mass is 19.1. The summed E-state index contributed by atoms with van der Waals surface area (Å²) in [6, 6.07) is 0.854. The van der Waals surface area contributed by atoms with Crippen LogP contribution in [0.5, 0.6) is 5.75 Å². The van der Waals surface area contributed by atoms with E-state index >= 15 is 0 Å². The van der Waals surface area contributed by atoms with Gasteiger partial charge in [-0.15, -0.1) is 5.10 Å². The molecule has 0 aliphatic heterocycles. The minimum absolute atomic E-state index is 0.0291. The number of hydrogen-bond acceptors (Lipinski definition) is 10. The molecule has 0 fully saturated rings. The van der Waals surface area contributed by atoms with E-state index in [1.165, 1.54) is 0 Å². The summed E-state index contributed by atoms with van der Waals surface area (Å²) in [5.74, 6) is -5.54. The van der Waals surface area contributed by atoms with Gasteiger partial charge in [0.2, 0.25) is 5.75 Å². The van der Waals surface area contributed by atoms with Gasteiger partial charge < -0.3 is 33.2 Å². The van der Waals surface area contributed by atoms with E-state index in [2.05, 4.69) is 15.0 Å². The SMILES string of the molecule is CCOCCOCc1cn(CCOCCOCCOCCOCCC(=O)Oc2c(F)cc(F)cc2F)nn1. The van der Waals surface area contributed by atoms with E-state index in [1.54, 1.807) is 4.68 Å². The molecule has 38 heavy (non-hydrogen) atoms. The maximum absolute atomic E-state index is 13.5. The van der Waals surface area contributed by atoms with Gasteiger partial charge in [0, 0.05) is 18.7 Å². The van der Waals surface area contributed by atoms with Crippen molar-refractivity contribution in [1.82, 2.24) is 15.0 Å². The molecule has 0 saturated carbocycles. The normalized spacial score (nSPS) is 11.3. The Balaban J connectivity index is 1.35. The number of aromatic nitrogens is 3. The van der Waals surface area contributed by atoms with Crippen LogP contribution in [0.15, 0.2) is 18.3 Å². The molecule has 0 aliphatic carbocycles. The highest BCUT2D eigenvalue weighted by Crippen LogP contribution is 2.23. The number of esters is 1. The second-order valence-electron chi connectivity index (χ2n) is 7.59. The van der Waals surface area contributed by atoms with Crippen molar-refractivity contribution in [3.8, 4) is 5.75 Å². The fourth-order valence-corrected chi connectivity index (χ4v) is 2.82. The summed E-state index contributed by atoms with van der Waals surface area (Å²) in [4.78, 5) is 11.6. The number of hydrogen-bond donors (Lipinski definition) is 0. The van der Waals surface area contributed by atoms with E-state index in [0.717, 1.165) is 5.69 Å². The van der Waals surface area contributed by atoms with Gasteiger partial charge in [-0.2, -0.15) is 0 Å². The van der Waals surface area contributed by atoms with E-state index < -0.39 is 29.2 Å². The Morgan fingerprint density at radius 1 is 0.789 bits per heavy atom. The van der Waals surface area contributed by atoms with Crippen LogP contribution >= 0.6 is 0 Å². The minimum atomic E-state index is -1.30. The van der Waals surface area contributed by atoms with Crippen LogP contribution in [0.3, 0.4) is 0 Å². The standard InChI is InChI=1S/C24H34F3N3O8/c1-2-32-7-14-37-18-20-17-30(29-28-20)4-6-34-9-11-36-13-12-35-10-8-33-5-3-23(31)38-24-21(26)15-19(25)16-22(24)27/h15-17H,2-14,18H2,1H3. The molecule has 0 amide bonds. The van der Waals surface area contributed by atoms with Crippen LogP contribution < -0.4 is 4.74 Å². The Morgan fingerprint density at radius 2 is 1.34 bits per heavy atom. The highest BCUT2D eigenvalue weighted by molar-refractivity contribution is 5.72. The molecule has 1 heterocycles. The third kappa shape index (κ3) is 13.8. The Hall–Kier alpha value is -2.62. The molecular weight excluding hydrogens is 515 g/mol. The quantitative estimate of drug-likeness (QED) is 0.123. The van der Waals surface area contributed by atoms with Crippen LogP contribution in [0.2, 0.25) is 0 Å². The lowest BCUT2D eigenvalue weighted by atomic mass is 10.3. The van der Waals surface area contributed by atoms with Crippen molar-refractivity contribution < 1.29 is 51.1 Å². The lowest BCUT2D eigenvalue weighted by Gasteiger charge is -2.08. The Morgan fingerprint density at radius 3 is 1.97 bits per heavy atom. The van der Waals surface area contributed by atoms with Gasteiger partial charge in [0.05, 0.1) is 91.8 Å². The van der Waals surface area contributed by atoms with Gasteiger partial charge in [0.1, 0.15) is 11.5 Å². The summed E-state index contributed by atoms with van der Waals surface area (Å²) in [6.07, 6.45) is 1.57. The average Bonchev–Trinajstić information content (AvgIpc) is 3.33. The van der Waals surface area contributed by atoms with Crippen molar-refractivity contribution >= 4 is 5.97 Å². The predicted molar refractivity (Wildman–Crippen MR) is 126 cm³/mol. The molecule has 0 atom stereocenters. The zero-order valence-corrected chi connectivity index (χ0v) is 21.4. The molecule has 0 radical (unpaired) electrons. The van der Waals surface area contributed by atoms with Crippen molar-refractivity contribution in [2.24, 2.45) is 0 Å². The number of ether oxygens (including phenoxy) is 7. The second kappa shape index (κ2) is 19.4. The molecule has 2 aromatic rings. The number of carbonyl (C=O) groups is 1. The van der Waals surface area contributed by atoms with Gasteiger partial charge in [-0.1, -0.05) is 5.21 Å². The first-order valence-corrected chi connectivity index (χ1v) is 12.2. The van der Waals surface area contributed by atoms with E-state index in [1.807, 2.05) is 13.1 Å². The van der Waals surface area contributed by atoms with Crippen LogP contribution in [0.1, 0.15) is 19.0 Å². The number of carbonyl (C=O) groups excluding carboxylic acids is 1. The molecule has 0 bridgehead atoms. The van der Waals surface area contributed by atoms with E-state index in [4.69, 9.17) is 28.4 Å². The van der Waals surface area contributed by atoms with Crippen LogP contribution in [-0.2, 0) is 46.4 Å². The molecule has 1 aromatic heterocycles. The van der Waals surface area contributed by atoms with Crippen LogP contribution in [-0.4, -0.2) is 93.6 Å². The summed E-state index contributed by atoms with van der Waals surface area (Å²) >= 11 is 0. The topological polar surface area (TPSA) is 112 Å². The summed E-state index contributed by atoms with van der Waals surface area (Å²) in [5.41, 5.74) is 0.743. The van der Waals surface area contributed by atoms with Crippen LogP contribution in [0.25, 0.3) is 0 Å². The van der Waals surface area contributed by atoms with Gasteiger partial charge in [0.15, 0.2) is 11.6 Å². The van der Waals surface area contributed by atoms with Gasteiger partial charge in [-0.05, 0) is 6.92 Å². The van der Waals surface area contributed by atoms with Crippen LogP contribution in [0, 0.1) is 17.5 Å². The van der Waals surface area contributed by atoms with Gasteiger partial charge >= 0.3 is 5.97 Å². The lowest BCUT2D eigenvalue weighted by Crippen LogP contribution is -2.15. The largest absolute Gasteiger partial charge is 0.420 e. The molecule has 0 aliphatic rings. The first-order chi connectivity index (χ1) is 18.5. The van der Waals surface area contributed by atoms with Crippen molar-refractivity contribution in [2.75, 3.05) is 72.7 Å². The molecule has 0 spiro atoms. The molecule has 2 rings (SSSR count). The van der Waals surface area contributed by atoms with Crippen molar-refractivity contribution in [3.63, 3.8) is 0 Å². The predicted octanol–water partition coefficient (Wildman–Crippen LogP) is 2.31. The third-order valence-electron chi connectivity index (χ3n) is 4.62. The number of nitrogens with zero attached hydrogens (tertiary/aromatic N) is 3. The Bertz CT molecular complexity index is 912. The van der Waals surface area contributed by atoms with Crippen molar-refractivity contribution in [3.05, 3.63) is 41.5 Å². The van der Waals surface area contributed by atoms with Gasteiger partial charge in [0.25, 0.3) is 0 Å². The van der Waals surface area contributed by atoms with E-state index in [9.17, 15) is 18.0 Å². The first-order valence-electron chi connectivity index (χ1n) is 12.2. The molecule has 0 unspecified atom stereocenters. The Kier molecular flexibility index (Phi) is 16.2. The van der Waals surface area contributed by atoms with Gasteiger partial charge in [-0.3, -0.25) is 4.79 Å². The maximum Gasteiger partial charge on any atom is 0.313 e. The summed E-state index contributed by atoms with van der Waals surface area (Å²) in [5, 5.41) is 8.05. The molecule has 1 aromatic carbocycles. The fourth-order valence-electron chi connectivity index (χ4n) is 2.82. The van der Waals surface area contributed by atoms with Crippen molar-refractivity contribution in [1.29, 1.82) is 0 Å². The Labute approximate surface area is 219 Å². The number of halogens is 3. The van der Waals surface area contributed by atoms with Crippen molar-refractivity contribution in [2.45, 2.75) is 26.5 Å². The molecule has 0 N–H and O–H groups in total. The zero-order valence-electron chi connectivity index (χ0n) is 21.4. The highest BCUT2D eigenvalue weighted by Gasteiger charge is 2.16. The van der Waals surface area contributed by atoms with Crippen LogP contribution in [0.4, 0.5) is 13.2 Å². The average molecular weight is 550 g/mol. The smallest absolute Gasteiger partial charge is 0.313 e. The monoisotopic (exact) mass is 549 g/mol. The second-order valence-corrected chi connectivity index (χ2v) is 7.59. The molecule has 11 nitrogen and oxygen atoms in total. The fraction of sp³-hybridized carbons (Fsp3) is 0.625. The summed E-state index contributed by atoms with van der Waals surface area (Å²) < 4.78 is 78.1. The van der Waals surface area contributed by atoms with E-state index in [0.29, 0.717) is 78.1 Å². The molecule has 214 valence electrons. The first kappa shape index (κ1) is 31.6. The van der Waals surface area contributed by atoms with E-state index in [-0.39, 0.29) is 26.2 Å².